The van der Waals surface area contributed by atoms with Crippen molar-refractivity contribution in [1.29, 1.82) is 0 Å². The Bertz CT molecular complexity index is 2850. The fourth-order valence-electron chi connectivity index (χ4n) is 7.45. The highest BCUT2D eigenvalue weighted by molar-refractivity contribution is 6.36. The molecule has 42 heavy (non-hydrogen) atoms. The van der Waals surface area contributed by atoms with Gasteiger partial charge in [0.15, 0.2) is 5.58 Å². The van der Waals surface area contributed by atoms with Gasteiger partial charge in [-0.15, -0.1) is 0 Å². The maximum absolute atomic E-state index is 6.69. The number of rotatable bonds is 2. The molecule has 5 heteroatoms. The number of fused-ring (bicyclic) bond motifs is 5. The molecule has 0 aliphatic rings. The molecule has 0 bridgehead atoms. The van der Waals surface area contributed by atoms with Gasteiger partial charge in [0.2, 0.25) is 0 Å². The lowest BCUT2D eigenvalue weighted by Gasteiger charge is -2.04. The summed E-state index contributed by atoms with van der Waals surface area (Å²) in [6.45, 7) is 0. The molecule has 0 saturated heterocycles. The van der Waals surface area contributed by atoms with Crippen LogP contribution in [0.15, 0.2) is 124 Å². The van der Waals surface area contributed by atoms with E-state index in [-0.39, 0.29) is 0 Å². The van der Waals surface area contributed by atoms with E-state index >= 15 is 0 Å². The zero-order valence-corrected chi connectivity index (χ0v) is 22.1. The molecule has 11 aromatic rings. The summed E-state index contributed by atoms with van der Waals surface area (Å²) in [5, 5.41) is 7.12. The van der Waals surface area contributed by atoms with Crippen LogP contribution in [0.3, 0.4) is 0 Å². The highest BCUT2D eigenvalue weighted by Gasteiger charge is 2.27. The average molecular weight is 538 g/mol. The van der Waals surface area contributed by atoms with Gasteiger partial charge in [0.1, 0.15) is 16.7 Å². The quantitative estimate of drug-likeness (QED) is 0.220. The third kappa shape index (κ3) is 2.33. The van der Waals surface area contributed by atoms with Crippen LogP contribution in [0.2, 0.25) is 0 Å². The molecule has 0 spiro atoms. The number of oxazole rings is 1. The van der Waals surface area contributed by atoms with Crippen LogP contribution in [0.1, 0.15) is 0 Å². The van der Waals surface area contributed by atoms with Gasteiger partial charge in [-0.3, -0.25) is 4.57 Å². The molecule has 0 saturated carbocycles. The Balaban J connectivity index is 1.37. The molecule has 5 heterocycles. The first-order valence-corrected chi connectivity index (χ1v) is 14.2. The second-order valence-electron chi connectivity index (χ2n) is 11.1. The van der Waals surface area contributed by atoms with E-state index in [4.69, 9.17) is 13.8 Å². The summed E-state index contributed by atoms with van der Waals surface area (Å²) in [6, 6.07) is 40.9. The smallest absolute Gasteiger partial charge is 0.307 e. The number of nitrogens with zero attached hydrogens (tertiary/aromatic N) is 3. The minimum absolute atomic E-state index is 0.556. The van der Waals surface area contributed by atoms with Gasteiger partial charge in [-0.25, -0.2) is 0 Å². The van der Waals surface area contributed by atoms with Gasteiger partial charge in [-0.1, -0.05) is 66.7 Å². The summed E-state index contributed by atoms with van der Waals surface area (Å²) in [7, 11) is 0. The lowest BCUT2D eigenvalue weighted by atomic mass is 10.0. The molecule has 0 aliphatic heterocycles. The van der Waals surface area contributed by atoms with Gasteiger partial charge in [-0.2, -0.15) is 4.98 Å². The first-order valence-electron chi connectivity index (χ1n) is 14.2. The van der Waals surface area contributed by atoms with Crippen molar-refractivity contribution in [2.24, 2.45) is 0 Å². The zero-order valence-electron chi connectivity index (χ0n) is 22.1. The van der Waals surface area contributed by atoms with Gasteiger partial charge in [0, 0.05) is 32.5 Å². The summed E-state index contributed by atoms with van der Waals surface area (Å²) in [5.41, 5.74) is 11.2. The first-order chi connectivity index (χ1) is 20.8. The summed E-state index contributed by atoms with van der Waals surface area (Å²) >= 11 is 0. The lowest BCUT2D eigenvalue weighted by molar-refractivity contribution is 0.575. The molecule has 11 rings (SSSR count). The van der Waals surface area contributed by atoms with Crippen molar-refractivity contribution in [3.63, 3.8) is 0 Å². The third-order valence-electron chi connectivity index (χ3n) is 9.09. The molecule has 5 nitrogen and oxygen atoms in total. The van der Waals surface area contributed by atoms with E-state index in [9.17, 15) is 0 Å². The number of furan rings is 1. The molecule has 194 valence electrons. The van der Waals surface area contributed by atoms with Crippen LogP contribution in [0.4, 0.5) is 0 Å². The maximum Gasteiger partial charge on any atom is 0.307 e. The summed E-state index contributed by atoms with van der Waals surface area (Å²) in [5.74, 6) is 0. The van der Waals surface area contributed by atoms with Gasteiger partial charge in [-0.05, 0) is 54.1 Å². The monoisotopic (exact) mass is 537 g/mol. The lowest BCUT2D eigenvalue weighted by Crippen LogP contribution is -1.94. The molecule has 0 atom stereocenters. The predicted molar refractivity (Wildman–Crippen MR) is 169 cm³/mol. The first kappa shape index (κ1) is 21.0. The zero-order chi connectivity index (χ0) is 27.1. The van der Waals surface area contributed by atoms with Crippen molar-refractivity contribution in [2.45, 2.75) is 0 Å². The fourth-order valence-corrected chi connectivity index (χ4v) is 7.45. The number of benzene rings is 6. The van der Waals surface area contributed by atoms with Gasteiger partial charge in [0.25, 0.3) is 0 Å². The Labute approximate surface area is 237 Å². The molecular formula is C37H19N3O2. The molecule has 0 N–H and O–H groups in total. The second-order valence-corrected chi connectivity index (χ2v) is 11.1. The largest absolute Gasteiger partial charge is 0.456 e. The highest BCUT2D eigenvalue weighted by Crippen LogP contribution is 2.48. The van der Waals surface area contributed by atoms with E-state index in [1.807, 2.05) is 18.2 Å². The Kier molecular flexibility index (Phi) is 3.54. The summed E-state index contributed by atoms with van der Waals surface area (Å²) in [6.07, 6.45) is 0. The van der Waals surface area contributed by atoms with Crippen LogP contribution in [0.5, 0.6) is 0 Å². The minimum atomic E-state index is 0.556. The van der Waals surface area contributed by atoms with Crippen molar-refractivity contribution < 1.29 is 8.83 Å². The SMILES string of the molecule is c1ccc(-c2cccc3nc(-n4c5ccc6oc7ccc8c9ccccc9n9c%10cccc4c%10c5c6c7c89)oc23)cc1. The number of para-hydroxylation sites is 2. The van der Waals surface area contributed by atoms with Crippen LogP contribution in [0, 0.1) is 0 Å². The molecule has 0 aliphatic carbocycles. The molecule has 6 aromatic carbocycles. The van der Waals surface area contributed by atoms with Crippen LogP contribution >= 0.6 is 0 Å². The van der Waals surface area contributed by atoms with Crippen LogP contribution in [0.25, 0.3) is 99.3 Å². The van der Waals surface area contributed by atoms with Crippen LogP contribution in [-0.2, 0) is 0 Å². The van der Waals surface area contributed by atoms with Crippen molar-refractivity contribution in [3.8, 4) is 17.1 Å². The van der Waals surface area contributed by atoms with Crippen molar-refractivity contribution >= 4 is 82.2 Å². The minimum Gasteiger partial charge on any atom is -0.456 e. The van der Waals surface area contributed by atoms with Gasteiger partial charge >= 0.3 is 6.01 Å². The maximum atomic E-state index is 6.69. The van der Waals surface area contributed by atoms with Crippen LogP contribution in [-0.4, -0.2) is 14.0 Å². The number of hydrogen-bond acceptors (Lipinski definition) is 3. The fraction of sp³-hybridized carbons (Fsp3) is 0. The Morgan fingerprint density at radius 3 is 2.21 bits per heavy atom. The standard InChI is InChI=1S/C37H19N3O2/c1-2-8-20(9-3-1)21-11-6-12-24-36(21)42-37(38-24)40-27-15-7-14-26-31(27)32-28(40)17-19-29-33(32)34-30(41-29)18-16-23-22-10-4-5-13-25(22)39(26)35(23)34/h1-19H. The van der Waals surface area contributed by atoms with E-state index in [2.05, 4.69) is 106 Å². The molecule has 0 amide bonds. The number of aromatic nitrogens is 3. The average Bonchev–Trinajstić information content (AvgIpc) is 3.77. The van der Waals surface area contributed by atoms with E-state index in [1.165, 1.54) is 32.6 Å². The Morgan fingerprint density at radius 1 is 0.500 bits per heavy atom. The van der Waals surface area contributed by atoms with Gasteiger partial charge in [0.05, 0.1) is 33.0 Å². The highest BCUT2D eigenvalue weighted by atomic mass is 16.4. The van der Waals surface area contributed by atoms with Crippen molar-refractivity contribution in [1.82, 2.24) is 14.0 Å². The van der Waals surface area contributed by atoms with Crippen molar-refractivity contribution in [2.75, 3.05) is 0 Å². The van der Waals surface area contributed by atoms with Gasteiger partial charge < -0.3 is 13.2 Å². The number of hydrogen-bond donors (Lipinski definition) is 0. The molecule has 0 unspecified atom stereocenters. The van der Waals surface area contributed by atoms with Crippen molar-refractivity contribution in [3.05, 3.63) is 115 Å². The molecule has 0 radical (unpaired) electrons. The normalized spacial score (nSPS) is 12.8. The van der Waals surface area contributed by atoms with E-state index in [0.717, 1.165) is 60.7 Å². The predicted octanol–water partition coefficient (Wildman–Crippen LogP) is 9.93. The Morgan fingerprint density at radius 2 is 1.26 bits per heavy atom. The van der Waals surface area contributed by atoms with E-state index in [1.54, 1.807) is 0 Å². The molecular weight excluding hydrogens is 518 g/mol. The third-order valence-corrected chi connectivity index (χ3v) is 9.09. The summed E-state index contributed by atoms with van der Waals surface area (Å²) < 4.78 is 17.8. The van der Waals surface area contributed by atoms with E-state index in [0.29, 0.717) is 6.01 Å². The van der Waals surface area contributed by atoms with E-state index < -0.39 is 0 Å². The topological polar surface area (TPSA) is 48.5 Å². The van der Waals surface area contributed by atoms with Crippen LogP contribution < -0.4 is 0 Å². The Hall–Kier alpha value is -5.81. The second kappa shape index (κ2) is 7.09. The molecule has 0 fully saturated rings. The summed E-state index contributed by atoms with van der Waals surface area (Å²) in [4.78, 5) is 5.06. The molecule has 5 aromatic heterocycles.